The van der Waals surface area contributed by atoms with E-state index in [2.05, 4.69) is 10.2 Å². The number of nitro benzene ring substituents is 1. The van der Waals surface area contributed by atoms with Gasteiger partial charge in [0.1, 0.15) is 0 Å². The van der Waals surface area contributed by atoms with Crippen molar-refractivity contribution in [3.63, 3.8) is 0 Å². The number of carbonyl (C=O) groups excluding carboxylic acids is 1. The van der Waals surface area contributed by atoms with E-state index >= 15 is 0 Å². The van der Waals surface area contributed by atoms with Crippen molar-refractivity contribution in [2.24, 2.45) is 0 Å². The summed E-state index contributed by atoms with van der Waals surface area (Å²) in [4.78, 5) is 24.8. The molecule has 0 aliphatic heterocycles. The quantitative estimate of drug-likeness (QED) is 0.314. The Hall–Kier alpha value is -3.52. The topological polar surface area (TPSA) is 102 Å². The van der Waals surface area contributed by atoms with Crippen molar-refractivity contribution >= 4 is 29.3 Å². The van der Waals surface area contributed by atoms with Crippen molar-refractivity contribution in [3.8, 4) is 11.5 Å². The number of hydrogen-bond donors (Lipinski definition) is 0. The Morgan fingerprint density at radius 2 is 2.00 bits per heavy atom. The van der Waals surface area contributed by atoms with Gasteiger partial charge in [-0.1, -0.05) is 23.7 Å². The number of aromatic nitrogens is 2. The molecule has 1 aliphatic rings. The highest BCUT2D eigenvalue weighted by atomic mass is 35.5. The lowest BCUT2D eigenvalue weighted by Gasteiger charge is -2.18. The first-order valence-electron chi connectivity index (χ1n) is 9.31. The molecule has 4 rings (SSSR count). The molecule has 8 nitrogen and oxygen atoms in total. The number of rotatable bonds is 7. The van der Waals surface area contributed by atoms with E-state index in [-0.39, 0.29) is 24.2 Å². The molecule has 0 N–H and O–H groups in total. The lowest BCUT2D eigenvalue weighted by molar-refractivity contribution is -0.384. The predicted octanol–water partition coefficient (Wildman–Crippen LogP) is 4.50. The second-order valence-corrected chi connectivity index (χ2v) is 7.33. The second-order valence-electron chi connectivity index (χ2n) is 6.89. The van der Waals surface area contributed by atoms with E-state index in [9.17, 15) is 14.9 Å². The van der Waals surface area contributed by atoms with Gasteiger partial charge in [0.15, 0.2) is 0 Å². The van der Waals surface area contributed by atoms with Crippen LogP contribution in [0.25, 0.3) is 17.5 Å². The highest BCUT2D eigenvalue weighted by Gasteiger charge is 2.32. The van der Waals surface area contributed by atoms with Crippen molar-refractivity contribution in [3.05, 3.63) is 81.2 Å². The van der Waals surface area contributed by atoms with E-state index in [1.165, 1.54) is 18.2 Å². The van der Waals surface area contributed by atoms with Crippen LogP contribution in [0.4, 0.5) is 5.69 Å². The fourth-order valence-electron chi connectivity index (χ4n) is 2.95. The number of amides is 1. The van der Waals surface area contributed by atoms with Gasteiger partial charge < -0.3 is 9.32 Å². The highest BCUT2D eigenvalue weighted by Crippen LogP contribution is 2.29. The van der Waals surface area contributed by atoms with Crippen LogP contribution in [0.1, 0.15) is 24.3 Å². The Bertz CT molecular complexity index is 1110. The summed E-state index contributed by atoms with van der Waals surface area (Å²) in [5.74, 6) is 0.483. The van der Waals surface area contributed by atoms with Gasteiger partial charge in [0.25, 0.3) is 5.69 Å². The van der Waals surface area contributed by atoms with Crippen LogP contribution in [-0.4, -0.2) is 32.0 Å². The average molecular weight is 425 g/mol. The highest BCUT2D eigenvalue weighted by molar-refractivity contribution is 6.30. The van der Waals surface area contributed by atoms with Crippen molar-refractivity contribution in [2.75, 3.05) is 0 Å². The van der Waals surface area contributed by atoms with Crippen LogP contribution < -0.4 is 0 Å². The molecule has 0 unspecified atom stereocenters. The maximum atomic E-state index is 12.7. The van der Waals surface area contributed by atoms with Crippen molar-refractivity contribution < 1.29 is 14.1 Å². The number of benzene rings is 2. The number of non-ortho nitro benzene ring substituents is 1. The van der Waals surface area contributed by atoms with Gasteiger partial charge in [0.2, 0.25) is 17.7 Å². The van der Waals surface area contributed by atoms with Crippen LogP contribution in [0.3, 0.4) is 0 Å². The maximum Gasteiger partial charge on any atom is 0.270 e. The molecule has 152 valence electrons. The van der Waals surface area contributed by atoms with E-state index in [0.717, 1.165) is 18.4 Å². The third-order valence-corrected chi connectivity index (χ3v) is 4.89. The molecule has 1 heterocycles. The molecule has 1 amide bonds. The molecule has 9 heteroatoms. The van der Waals surface area contributed by atoms with Crippen molar-refractivity contribution in [1.82, 2.24) is 15.1 Å². The van der Waals surface area contributed by atoms with Gasteiger partial charge in [-0.05, 0) is 48.7 Å². The molecule has 1 saturated carbocycles. The summed E-state index contributed by atoms with van der Waals surface area (Å²) < 4.78 is 5.71. The third-order valence-electron chi connectivity index (χ3n) is 4.63. The van der Waals surface area contributed by atoms with Gasteiger partial charge in [-0.2, -0.15) is 0 Å². The fraction of sp³-hybridized carbons (Fsp3) is 0.190. The fourth-order valence-corrected chi connectivity index (χ4v) is 3.08. The Labute approximate surface area is 176 Å². The van der Waals surface area contributed by atoms with Crippen LogP contribution in [-0.2, 0) is 11.3 Å². The molecular formula is C21H17ClN4O4. The van der Waals surface area contributed by atoms with Gasteiger partial charge in [-0.15, -0.1) is 10.2 Å². The Balaban J connectivity index is 1.47. The number of nitrogens with zero attached hydrogens (tertiary/aromatic N) is 4. The molecule has 3 aromatic rings. The van der Waals surface area contributed by atoms with Crippen LogP contribution in [0, 0.1) is 10.1 Å². The molecule has 0 saturated heterocycles. The lowest BCUT2D eigenvalue weighted by Crippen LogP contribution is -2.31. The maximum absolute atomic E-state index is 12.7. The minimum atomic E-state index is -0.469. The van der Waals surface area contributed by atoms with Crippen molar-refractivity contribution in [1.29, 1.82) is 0 Å². The first-order valence-corrected chi connectivity index (χ1v) is 9.69. The summed E-state index contributed by atoms with van der Waals surface area (Å²) in [6.07, 6.45) is 4.80. The van der Waals surface area contributed by atoms with Gasteiger partial charge in [-0.3, -0.25) is 14.9 Å². The molecule has 0 atom stereocenters. The number of halogens is 1. The van der Waals surface area contributed by atoms with Crippen LogP contribution in [0.2, 0.25) is 5.02 Å². The minimum absolute atomic E-state index is 0.0239. The Kier molecular flexibility index (Phi) is 5.58. The molecule has 30 heavy (non-hydrogen) atoms. The van der Waals surface area contributed by atoms with Crippen LogP contribution in [0.5, 0.6) is 0 Å². The molecule has 1 aromatic heterocycles. The SMILES string of the molecule is O=C(/C=C/c1cccc([N+](=O)[O-])c1)N(Cc1nnc(-c2ccc(Cl)cc2)o1)C1CC1. The average Bonchev–Trinajstić information content (AvgIpc) is 3.48. The Morgan fingerprint density at radius 3 is 2.70 bits per heavy atom. The van der Waals surface area contributed by atoms with E-state index in [0.29, 0.717) is 22.4 Å². The van der Waals surface area contributed by atoms with E-state index < -0.39 is 4.92 Å². The van der Waals surface area contributed by atoms with Crippen molar-refractivity contribution in [2.45, 2.75) is 25.4 Å². The molecule has 0 bridgehead atoms. The molecular weight excluding hydrogens is 408 g/mol. The Morgan fingerprint density at radius 1 is 1.23 bits per heavy atom. The number of nitro groups is 1. The summed E-state index contributed by atoms with van der Waals surface area (Å²) in [5.41, 5.74) is 1.30. The van der Waals surface area contributed by atoms with Crippen LogP contribution >= 0.6 is 11.6 Å². The normalized spacial score (nSPS) is 13.5. The molecule has 2 aromatic carbocycles. The first-order chi connectivity index (χ1) is 14.5. The summed E-state index contributed by atoms with van der Waals surface area (Å²) >= 11 is 5.90. The molecule has 1 aliphatic carbocycles. The minimum Gasteiger partial charge on any atom is -0.419 e. The number of hydrogen-bond acceptors (Lipinski definition) is 6. The molecule has 0 spiro atoms. The number of carbonyl (C=O) groups is 1. The van der Waals surface area contributed by atoms with Crippen LogP contribution in [0.15, 0.2) is 59.0 Å². The van der Waals surface area contributed by atoms with Gasteiger partial charge in [-0.25, -0.2) is 0 Å². The zero-order valence-corrected chi connectivity index (χ0v) is 16.5. The lowest BCUT2D eigenvalue weighted by atomic mass is 10.2. The monoisotopic (exact) mass is 424 g/mol. The van der Waals surface area contributed by atoms with E-state index in [1.54, 1.807) is 47.4 Å². The van der Waals surface area contributed by atoms with E-state index in [1.807, 2.05) is 0 Å². The molecule has 1 fully saturated rings. The van der Waals surface area contributed by atoms with Gasteiger partial charge in [0.05, 0.1) is 11.5 Å². The third kappa shape index (κ3) is 4.72. The smallest absolute Gasteiger partial charge is 0.270 e. The zero-order valence-electron chi connectivity index (χ0n) is 15.8. The predicted molar refractivity (Wildman–Crippen MR) is 110 cm³/mol. The summed E-state index contributed by atoms with van der Waals surface area (Å²) in [7, 11) is 0. The summed E-state index contributed by atoms with van der Waals surface area (Å²) in [6, 6.07) is 13.3. The summed E-state index contributed by atoms with van der Waals surface area (Å²) in [6.45, 7) is 0.198. The largest absolute Gasteiger partial charge is 0.419 e. The van der Waals surface area contributed by atoms with Gasteiger partial charge >= 0.3 is 0 Å². The van der Waals surface area contributed by atoms with Gasteiger partial charge in [0, 0.05) is 34.8 Å². The first kappa shape index (κ1) is 19.8. The summed E-state index contributed by atoms with van der Waals surface area (Å²) in [5, 5.41) is 19.6. The zero-order chi connectivity index (χ0) is 21.1. The standard InChI is InChI=1S/C21H17ClN4O4/c22-16-7-5-15(6-8-16)21-24-23-19(30-21)13-25(17-9-10-17)20(27)11-4-14-2-1-3-18(12-14)26(28)29/h1-8,11-12,17H,9-10,13H2/b11-4+. The second kappa shape index (κ2) is 8.46. The molecule has 0 radical (unpaired) electrons. The van der Waals surface area contributed by atoms with E-state index in [4.69, 9.17) is 16.0 Å².